The van der Waals surface area contributed by atoms with E-state index >= 15 is 0 Å². The second-order valence-corrected chi connectivity index (χ2v) is 6.79. The third-order valence-electron chi connectivity index (χ3n) is 4.95. The molecule has 0 bridgehead atoms. The van der Waals surface area contributed by atoms with Gasteiger partial charge >= 0.3 is 0 Å². The zero-order chi connectivity index (χ0) is 18.4. The number of hydrogen-bond acceptors (Lipinski definition) is 6. The maximum Gasteiger partial charge on any atom is 0.233 e. The molecular formula is C18H18N8O. The van der Waals surface area contributed by atoms with Crippen LogP contribution in [0.1, 0.15) is 12.8 Å². The summed E-state index contributed by atoms with van der Waals surface area (Å²) >= 11 is 0. The number of piperidine rings is 1. The quantitative estimate of drug-likeness (QED) is 0.575. The summed E-state index contributed by atoms with van der Waals surface area (Å²) in [6.07, 6.45) is 12.4. The molecule has 0 unspecified atom stereocenters. The molecule has 1 fully saturated rings. The molecule has 4 aromatic heterocycles. The molecule has 4 aromatic rings. The van der Waals surface area contributed by atoms with Gasteiger partial charge in [0.15, 0.2) is 0 Å². The fourth-order valence-corrected chi connectivity index (χ4v) is 3.48. The Hall–Kier alpha value is -3.49. The Labute approximate surface area is 154 Å². The van der Waals surface area contributed by atoms with Gasteiger partial charge in [-0.15, -0.1) is 0 Å². The summed E-state index contributed by atoms with van der Waals surface area (Å²) in [6, 6.07) is 0.160. The minimum Gasteiger partial charge on any atom is -0.350 e. The molecule has 9 nitrogen and oxygen atoms in total. The molecule has 1 aliphatic heterocycles. The Kier molecular flexibility index (Phi) is 3.52. The van der Waals surface area contributed by atoms with Crippen molar-refractivity contribution in [3.8, 4) is 11.1 Å². The fourth-order valence-electron chi connectivity index (χ4n) is 3.48. The number of carbonyl (C=O) groups excluding carboxylic acids is 1. The molecule has 2 N–H and O–H groups in total. The van der Waals surface area contributed by atoms with E-state index in [0.29, 0.717) is 24.7 Å². The van der Waals surface area contributed by atoms with Crippen LogP contribution in [-0.4, -0.2) is 59.8 Å². The summed E-state index contributed by atoms with van der Waals surface area (Å²) in [5.74, 6) is 1.41. The largest absolute Gasteiger partial charge is 0.350 e. The maximum atomic E-state index is 11.6. The monoisotopic (exact) mass is 362 g/mol. The lowest BCUT2D eigenvalue weighted by atomic mass is 10.1. The molecular weight excluding hydrogens is 344 g/mol. The topological polar surface area (TPSA) is 104 Å². The maximum absolute atomic E-state index is 11.6. The molecule has 0 spiro atoms. The van der Waals surface area contributed by atoms with Crippen LogP contribution in [0.3, 0.4) is 0 Å². The number of likely N-dealkylation sites (N-methyl/N-ethyl adjacent to an activating group) is 1. The van der Waals surface area contributed by atoms with Gasteiger partial charge in [-0.25, -0.2) is 15.0 Å². The second-order valence-electron chi connectivity index (χ2n) is 6.79. The molecule has 1 saturated heterocycles. The summed E-state index contributed by atoms with van der Waals surface area (Å²) in [6.45, 7) is 0.660. The van der Waals surface area contributed by atoms with Gasteiger partial charge in [0.25, 0.3) is 0 Å². The SMILES string of the molecule is CN1C[C@@H](Nc2ncc3c(-c4cnc5nccn5c4)c[nH]c3n2)CCC1=O. The molecule has 5 rings (SSSR count). The van der Waals surface area contributed by atoms with E-state index in [-0.39, 0.29) is 11.9 Å². The number of likely N-dealkylation sites (tertiary alicyclic amines) is 1. The first-order chi connectivity index (χ1) is 13.2. The van der Waals surface area contributed by atoms with Gasteiger partial charge in [-0.1, -0.05) is 0 Å². The Morgan fingerprint density at radius 2 is 2.19 bits per heavy atom. The lowest BCUT2D eigenvalue weighted by molar-refractivity contribution is -0.132. The van der Waals surface area contributed by atoms with Gasteiger partial charge in [0.05, 0.1) is 0 Å². The number of nitrogens with zero attached hydrogens (tertiary/aromatic N) is 6. The number of hydrogen-bond donors (Lipinski definition) is 2. The molecule has 1 atom stereocenters. The Balaban J connectivity index is 1.43. The van der Waals surface area contributed by atoms with E-state index < -0.39 is 0 Å². The highest BCUT2D eigenvalue weighted by atomic mass is 16.2. The van der Waals surface area contributed by atoms with E-state index in [1.807, 2.05) is 36.2 Å². The van der Waals surface area contributed by atoms with Gasteiger partial charge in [0, 0.05) is 79.7 Å². The highest BCUT2D eigenvalue weighted by Gasteiger charge is 2.23. The number of aromatic amines is 1. The van der Waals surface area contributed by atoms with Crippen molar-refractivity contribution in [1.29, 1.82) is 0 Å². The lowest BCUT2D eigenvalue weighted by Crippen LogP contribution is -2.43. The lowest BCUT2D eigenvalue weighted by Gasteiger charge is -2.30. The average Bonchev–Trinajstić information content (AvgIpc) is 3.30. The zero-order valence-electron chi connectivity index (χ0n) is 14.8. The second kappa shape index (κ2) is 6.04. The Bertz CT molecular complexity index is 1150. The summed E-state index contributed by atoms with van der Waals surface area (Å²) in [5.41, 5.74) is 2.71. The minimum absolute atomic E-state index is 0.160. The number of H-pyrrole nitrogens is 1. The van der Waals surface area contributed by atoms with Crippen molar-refractivity contribution in [2.24, 2.45) is 0 Å². The van der Waals surface area contributed by atoms with E-state index in [9.17, 15) is 4.79 Å². The molecule has 1 aliphatic rings. The fraction of sp³-hybridized carbons (Fsp3) is 0.278. The van der Waals surface area contributed by atoms with Crippen LogP contribution in [0.5, 0.6) is 0 Å². The number of amides is 1. The van der Waals surface area contributed by atoms with Gasteiger partial charge in [-0.3, -0.25) is 9.20 Å². The van der Waals surface area contributed by atoms with Crippen LogP contribution in [0, 0.1) is 0 Å². The van der Waals surface area contributed by atoms with Crippen LogP contribution in [0.2, 0.25) is 0 Å². The van der Waals surface area contributed by atoms with Crippen molar-refractivity contribution in [3.05, 3.63) is 37.2 Å². The van der Waals surface area contributed by atoms with Crippen molar-refractivity contribution < 1.29 is 4.79 Å². The van der Waals surface area contributed by atoms with E-state index in [2.05, 4.69) is 30.2 Å². The molecule has 9 heteroatoms. The van der Waals surface area contributed by atoms with Crippen LogP contribution in [0.15, 0.2) is 37.2 Å². The predicted octanol–water partition coefficient (Wildman–Crippen LogP) is 1.70. The first kappa shape index (κ1) is 15.7. The highest BCUT2D eigenvalue weighted by Crippen LogP contribution is 2.27. The third kappa shape index (κ3) is 2.77. The number of fused-ring (bicyclic) bond motifs is 2. The first-order valence-electron chi connectivity index (χ1n) is 8.81. The van der Waals surface area contributed by atoms with Crippen molar-refractivity contribution >= 4 is 28.7 Å². The van der Waals surface area contributed by atoms with Crippen molar-refractivity contribution in [2.45, 2.75) is 18.9 Å². The van der Waals surface area contributed by atoms with Crippen LogP contribution in [0.4, 0.5) is 5.95 Å². The summed E-state index contributed by atoms with van der Waals surface area (Å²) < 4.78 is 1.88. The number of anilines is 1. The molecule has 27 heavy (non-hydrogen) atoms. The highest BCUT2D eigenvalue weighted by molar-refractivity contribution is 5.93. The number of aromatic nitrogens is 6. The number of rotatable bonds is 3. The summed E-state index contributed by atoms with van der Waals surface area (Å²) in [7, 11) is 1.82. The van der Waals surface area contributed by atoms with Crippen LogP contribution in [-0.2, 0) is 4.79 Å². The molecule has 0 aliphatic carbocycles. The number of nitrogens with one attached hydrogen (secondary N) is 2. The smallest absolute Gasteiger partial charge is 0.233 e. The number of carbonyl (C=O) groups is 1. The first-order valence-corrected chi connectivity index (χ1v) is 8.81. The molecule has 136 valence electrons. The van der Waals surface area contributed by atoms with Crippen molar-refractivity contribution in [3.63, 3.8) is 0 Å². The van der Waals surface area contributed by atoms with E-state index in [0.717, 1.165) is 28.6 Å². The van der Waals surface area contributed by atoms with Gasteiger partial charge in [-0.2, -0.15) is 4.98 Å². The third-order valence-corrected chi connectivity index (χ3v) is 4.95. The molecule has 0 radical (unpaired) electrons. The van der Waals surface area contributed by atoms with Crippen LogP contribution < -0.4 is 5.32 Å². The van der Waals surface area contributed by atoms with E-state index in [1.54, 1.807) is 17.3 Å². The van der Waals surface area contributed by atoms with Crippen LogP contribution >= 0.6 is 0 Å². The predicted molar refractivity (Wildman–Crippen MR) is 100 cm³/mol. The van der Waals surface area contributed by atoms with Crippen molar-refractivity contribution in [1.82, 2.24) is 34.2 Å². The normalized spacial score (nSPS) is 17.7. The minimum atomic E-state index is 0.160. The molecule has 5 heterocycles. The van der Waals surface area contributed by atoms with Gasteiger partial charge in [0.1, 0.15) is 5.65 Å². The molecule has 0 aromatic carbocycles. The van der Waals surface area contributed by atoms with E-state index in [4.69, 9.17) is 0 Å². The number of imidazole rings is 1. The summed E-state index contributed by atoms with van der Waals surface area (Å²) in [5, 5.41) is 4.26. The Morgan fingerprint density at radius 1 is 1.26 bits per heavy atom. The van der Waals surface area contributed by atoms with Gasteiger partial charge < -0.3 is 15.2 Å². The Morgan fingerprint density at radius 3 is 3.07 bits per heavy atom. The summed E-state index contributed by atoms with van der Waals surface area (Å²) in [4.78, 5) is 34.2. The van der Waals surface area contributed by atoms with Crippen molar-refractivity contribution in [2.75, 3.05) is 18.9 Å². The van der Waals surface area contributed by atoms with E-state index in [1.165, 1.54) is 0 Å². The van der Waals surface area contributed by atoms with Gasteiger partial charge in [0.2, 0.25) is 17.6 Å². The average molecular weight is 362 g/mol. The molecule has 0 saturated carbocycles. The van der Waals surface area contributed by atoms with Gasteiger partial charge in [-0.05, 0) is 6.42 Å². The zero-order valence-corrected chi connectivity index (χ0v) is 14.8. The standard InChI is InChI=1S/C18H18N8O/c1-25-10-12(2-3-15(25)27)23-17-21-8-14-13(7-20-16(14)24-17)11-6-22-18-19-4-5-26(18)9-11/h4-9,12H,2-3,10H2,1H3,(H2,20,21,23,24)/t12-/m0/s1. The molecule has 1 amide bonds. The van der Waals surface area contributed by atoms with Crippen LogP contribution in [0.25, 0.3) is 27.9 Å².